The molecule has 0 saturated carbocycles. The van der Waals surface area contributed by atoms with Crippen LogP contribution in [0.15, 0.2) is 28.9 Å². The molecular weight excluding hydrogens is 300 g/mol. The number of carboxylic acid groups (broad SMARTS) is 1. The number of hydrogen-bond donors (Lipinski definition) is 2. The maximum Gasteiger partial charge on any atom is 0.313 e. The monoisotopic (exact) mass is 310 g/mol. The summed E-state index contributed by atoms with van der Waals surface area (Å²) in [5.41, 5.74) is 0.801. The van der Waals surface area contributed by atoms with E-state index in [1.165, 1.54) is 0 Å². The van der Waals surface area contributed by atoms with Crippen LogP contribution in [0.5, 0.6) is 0 Å². The summed E-state index contributed by atoms with van der Waals surface area (Å²) in [5, 5.41) is 19.1. The number of amides is 1. The average molecular weight is 310 g/mol. The highest BCUT2D eigenvalue weighted by atomic mass is 32.2. The zero-order valence-electron chi connectivity index (χ0n) is 10.1. The molecule has 0 aliphatic heterocycles. The lowest BCUT2D eigenvalue weighted by atomic mass is 10.2. The number of nitrogens with one attached hydrogen (secondary N) is 1. The second-order valence-corrected chi connectivity index (χ2v) is 5.84. The predicted molar refractivity (Wildman–Crippen MR) is 74.8 cm³/mol. The number of thioether (sulfide) groups is 1. The minimum absolute atomic E-state index is 0.0851. The van der Waals surface area contributed by atoms with Crippen molar-refractivity contribution >= 4 is 40.1 Å². The van der Waals surface area contributed by atoms with E-state index >= 15 is 0 Å². The SMILES string of the molecule is O=C(O)CSc1nnc(NC(=O)Cc2cccnc2)s1. The molecule has 2 rings (SSSR count). The first-order valence-corrected chi connectivity index (χ1v) is 7.30. The van der Waals surface area contributed by atoms with Crippen molar-refractivity contribution in [2.75, 3.05) is 11.1 Å². The molecule has 0 saturated heterocycles. The third-order valence-corrected chi connectivity index (χ3v) is 4.02. The van der Waals surface area contributed by atoms with Crippen LogP contribution in [0.3, 0.4) is 0 Å². The van der Waals surface area contributed by atoms with E-state index in [9.17, 15) is 9.59 Å². The lowest BCUT2D eigenvalue weighted by molar-refractivity contribution is -0.133. The molecule has 2 N–H and O–H groups in total. The van der Waals surface area contributed by atoms with Crippen molar-refractivity contribution in [3.63, 3.8) is 0 Å². The molecule has 2 aromatic rings. The highest BCUT2D eigenvalue weighted by molar-refractivity contribution is 8.01. The standard InChI is InChI=1S/C11H10N4O3S2/c16-8(4-7-2-1-3-12-5-7)13-10-14-15-11(20-10)19-6-9(17)18/h1-3,5H,4,6H2,(H,17,18)(H,13,14,16). The number of carbonyl (C=O) groups excluding carboxylic acids is 1. The second kappa shape index (κ2) is 6.96. The first-order valence-electron chi connectivity index (χ1n) is 5.50. The highest BCUT2D eigenvalue weighted by Gasteiger charge is 2.10. The molecular formula is C11H10N4O3S2. The fraction of sp³-hybridized carbons (Fsp3) is 0.182. The Kier molecular flexibility index (Phi) is 5.02. The van der Waals surface area contributed by atoms with Crippen LogP contribution in [0.4, 0.5) is 5.13 Å². The molecule has 1 amide bonds. The summed E-state index contributed by atoms with van der Waals surface area (Å²) in [6.45, 7) is 0. The van der Waals surface area contributed by atoms with Crippen molar-refractivity contribution in [1.29, 1.82) is 0 Å². The molecule has 0 aliphatic rings. The Morgan fingerprint density at radius 3 is 2.95 bits per heavy atom. The van der Waals surface area contributed by atoms with Gasteiger partial charge in [0.15, 0.2) is 4.34 Å². The number of hydrogen-bond acceptors (Lipinski definition) is 7. The van der Waals surface area contributed by atoms with E-state index in [2.05, 4.69) is 20.5 Å². The largest absolute Gasteiger partial charge is 0.481 e. The third kappa shape index (κ3) is 4.59. The number of anilines is 1. The van der Waals surface area contributed by atoms with Crippen LogP contribution in [0.25, 0.3) is 0 Å². The first-order chi connectivity index (χ1) is 9.63. The van der Waals surface area contributed by atoms with E-state index in [0.717, 1.165) is 28.7 Å². The van der Waals surface area contributed by atoms with Gasteiger partial charge in [0.25, 0.3) is 0 Å². The maximum atomic E-state index is 11.8. The highest BCUT2D eigenvalue weighted by Crippen LogP contribution is 2.25. The molecule has 0 atom stereocenters. The van der Waals surface area contributed by atoms with Gasteiger partial charge < -0.3 is 10.4 Å². The Hall–Kier alpha value is -2.00. The van der Waals surface area contributed by atoms with Gasteiger partial charge in [-0.3, -0.25) is 14.6 Å². The fourth-order valence-electron chi connectivity index (χ4n) is 1.29. The van der Waals surface area contributed by atoms with Gasteiger partial charge in [-0.05, 0) is 11.6 Å². The normalized spacial score (nSPS) is 10.2. The Balaban J connectivity index is 1.87. The van der Waals surface area contributed by atoms with Crippen LogP contribution in [-0.4, -0.2) is 37.9 Å². The zero-order valence-corrected chi connectivity index (χ0v) is 11.8. The predicted octanol–water partition coefficient (Wildman–Crippen LogP) is 1.29. The Bertz CT molecular complexity index is 603. The summed E-state index contributed by atoms with van der Waals surface area (Å²) < 4.78 is 0.504. The van der Waals surface area contributed by atoms with E-state index < -0.39 is 5.97 Å². The molecule has 104 valence electrons. The van der Waals surface area contributed by atoms with E-state index in [1.54, 1.807) is 24.5 Å². The van der Waals surface area contributed by atoms with Gasteiger partial charge in [-0.15, -0.1) is 10.2 Å². The third-order valence-electron chi connectivity index (χ3n) is 2.06. The van der Waals surface area contributed by atoms with E-state index in [-0.39, 0.29) is 18.1 Å². The van der Waals surface area contributed by atoms with Gasteiger partial charge in [0, 0.05) is 12.4 Å². The van der Waals surface area contributed by atoms with Crippen molar-refractivity contribution in [2.45, 2.75) is 10.8 Å². The van der Waals surface area contributed by atoms with Crippen molar-refractivity contribution < 1.29 is 14.7 Å². The van der Waals surface area contributed by atoms with Crippen LogP contribution in [-0.2, 0) is 16.0 Å². The Morgan fingerprint density at radius 1 is 1.40 bits per heavy atom. The van der Waals surface area contributed by atoms with E-state index in [1.807, 2.05) is 0 Å². The number of carboxylic acids is 1. The summed E-state index contributed by atoms with van der Waals surface area (Å²) in [7, 11) is 0. The topological polar surface area (TPSA) is 105 Å². The summed E-state index contributed by atoms with van der Waals surface area (Å²) in [5.74, 6) is -1.23. The van der Waals surface area contributed by atoms with Crippen molar-refractivity contribution in [1.82, 2.24) is 15.2 Å². The fourth-order valence-corrected chi connectivity index (χ4v) is 2.78. The van der Waals surface area contributed by atoms with E-state index in [4.69, 9.17) is 5.11 Å². The number of aliphatic carboxylic acids is 1. The second-order valence-electron chi connectivity index (χ2n) is 3.64. The number of carbonyl (C=O) groups is 2. The van der Waals surface area contributed by atoms with E-state index in [0.29, 0.717) is 9.47 Å². The molecule has 9 heteroatoms. The number of pyridine rings is 1. The maximum absolute atomic E-state index is 11.8. The Labute approximate surface area is 122 Å². The molecule has 20 heavy (non-hydrogen) atoms. The molecule has 0 aromatic carbocycles. The van der Waals surface area contributed by atoms with Crippen molar-refractivity contribution in [3.05, 3.63) is 30.1 Å². The lowest BCUT2D eigenvalue weighted by Crippen LogP contribution is -2.14. The Morgan fingerprint density at radius 2 is 2.25 bits per heavy atom. The van der Waals surface area contributed by atoms with Gasteiger partial charge in [-0.1, -0.05) is 29.2 Å². The summed E-state index contributed by atoms with van der Waals surface area (Å²) in [6.07, 6.45) is 3.46. The van der Waals surface area contributed by atoms with Crippen molar-refractivity contribution in [2.24, 2.45) is 0 Å². The molecule has 0 aliphatic carbocycles. The average Bonchev–Trinajstić information content (AvgIpc) is 2.85. The van der Waals surface area contributed by atoms with Crippen LogP contribution in [0, 0.1) is 0 Å². The van der Waals surface area contributed by atoms with Gasteiger partial charge >= 0.3 is 5.97 Å². The molecule has 0 bridgehead atoms. The number of nitrogens with zero attached hydrogens (tertiary/aromatic N) is 3. The summed E-state index contributed by atoms with van der Waals surface area (Å²) in [4.78, 5) is 26.1. The first kappa shape index (κ1) is 14.4. The smallest absolute Gasteiger partial charge is 0.313 e. The minimum Gasteiger partial charge on any atom is -0.481 e. The molecule has 2 aromatic heterocycles. The van der Waals surface area contributed by atoms with Crippen molar-refractivity contribution in [3.8, 4) is 0 Å². The molecule has 0 radical (unpaired) electrons. The summed E-state index contributed by atoms with van der Waals surface area (Å²) in [6, 6.07) is 3.56. The quantitative estimate of drug-likeness (QED) is 0.612. The molecule has 7 nitrogen and oxygen atoms in total. The minimum atomic E-state index is -0.924. The van der Waals surface area contributed by atoms with Crippen LogP contribution in [0.2, 0.25) is 0 Å². The van der Waals surface area contributed by atoms with Crippen LogP contribution in [0.1, 0.15) is 5.56 Å². The van der Waals surface area contributed by atoms with Gasteiger partial charge in [0.1, 0.15) is 0 Å². The van der Waals surface area contributed by atoms with Crippen LogP contribution < -0.4 is 5.32 Å². The van der Waals surface area contributed by atoms with Crippen LogP contribution >= 0.6 is 23.1 Å². The van der Waals surface area contributed by atoms with Gasteiger partial charge in [0.2, 0.25) is 11.0 Å². The number of aromatic nitrogens is 3. The lowest BCUT2D eigenvalue weighted by Gasteiger charge is -2.00. The van der Waals surface area contributed by atoms with Gasteiger partial charge in [-0.25, -0.2) is 0 Å². The molecule has 0 unspecified atom stereocenters. The zero-order chi connectivity index (χ0) is 14.4. The molecule has 2 heterocycles. The summed E-state index contributed by atoms with van der Waals surface area (Å²) >= 11 is 2.21. The molecule has 0 fully saturated rings. The van der Waals surface area contributed by atoms with Gasteiger partial charge in [-0.2, -0.15) is 0 Å². The molecule has 0 spiro atoms. The van der Waals surface area contributed by atoms with Gasteiger partial charge in [0.05, 0.1) is 12.2 Å². The number of rotatable bonds is 6.